The Balaban J connectivity index is 2.05. The molecule has 2 aromatic rings. The smallest absolute Gasteiger partial charge is 0.122 e. The van der Waals surface area contributed by atoms with Crippen molar-refractivity contribution in [2.24, 2.45) is 0 Å². The summed E-state index contributed by atoms with van der Waals surface area (Å²) in [5, 5.41) is 9.02. The van der Waals surface area contributed by atoms with E-state index in [4.69, 9.17) is 14.6 Å². The molecule has 0 radical (unpaired) electrons. The summed E-state index contributed by atoms with van der Waals surface area (Å²) in [6.07, 6.45) is 1.87. The first-order chi connectivity index (χ1) is 9.75. The molecule has 0 aromatic heterocycles. The van der Waals surface area contributed by atoms with Gasteiger partial charge in [0.25, 0.3) is 0 Å². The molecule has 0 saturated heterocycles. The second kappa shape index (κ2) is 6.96. The lowest BCUT2D eigenvalue weighted by Gasteiger charge is -2.09. The summed E-state index contributed by atoms with van der Waals surface area (Å²) in [5.41, 5.74) is 3.38. The molecule has 0 bridgehead atoms. The first kappa shape index (κ1) is 14.4. The fourth-order valence-electron chi connectivity index (χ4n) is 2.11. The van der Waals surface area contributed by atoms with Crippen LogP contribution in [0.2, 0.25) is 0 Å². The Labute approximate surface area is 119 Å². The highest BCUT2D eigenvalue weighted by atomic mass is 16.5. The fraction of sp³-hybridized carbons (Fsp3) is 0.294. The van der Waals surface area contributed by atoms with Crippen LogP contribution in [-0.4, -0.2) is 19.3 Å². The molecule has 106 valence electrons. The van der Waals surface area contributed by atoms with Gasteiger partial charge in [0.1, 0.15) is 11.5 Å². The molecule has 0 atom stereocenters. The number of rotatable bonds is 6. The molecular weight excluding hydrogens is 252 g/mol. The Morgan fingerprint density at radius 3 is 1.75 bits per heavy atom. The Morgan fingerprint density at radius 2 is 1.25 bits per heavy atom. The van der Waals surface area contributed by atoms with E-state index in [9.17, 15) is 0 Å². The second-order valence-corrected chi connectivity index (χ2v) is 4.70. The summed E-state index contributed by atoms with van der Waals surface area (Å²) in [6, 6.07) is 14.0. The number of aryl methyl sites for hydroxylation is 2. The van der Waals surface area contributed by atoms with Crippen molar-refractivity contribution in [2.45, 2.75) is 19.4 Å². The molecule has 0 amide bonds. The van der Waals surface area contributed by atoms with E-state index >= 15 is 0 Å². The van der Waals surface area contributed by atoms with Gasteiger partial charge in [0, 0.05) is 6.07 Å². The van der Waals surface area contributed by atoms with Crippen molar-refractivity contribution >= 4 is 0 Å². The fourth-order valence-corrected chi connectivity index (χ4v) is 2.11. The largest absolute Gasteiger partial charge is 0.497 e. The summed E-state index contributed by atoms with van der Waals surface area (Å²) in [6.45, 7) is 0.0906. The average molecular weight is 272 g/mol. The van der Waals surface area contributed by atoms with Crippen LogP contribution >= 0.6 is 0 Å². The first-order valence-corrected chi connectivity index (χ1v) is 6.66. The summed E-state index contributed by atoms with van der Waals surface area (Å²) in [5.74, 6) is 1.63. The third-order valence-electron chi connectivity index (χ3n) is 3.32. The van der Waals surface area contributed by atoms with Crippen LogP contribution in [0.5, 0.6) is 11.5 Å². The van der Waals surface area contributed by atoms with Crippen LogP contribution in [-0.2, 0) is 19.4 Å². The third kappa shape index (κ3) is 3.75. The Morgan fingerprint density at radius 1 is 0.750 bits per heavy atom. The van der Waals surface area contributed by atoms with Crippen LogP contribution in [0.4, 0.5) is 0 Å². The predicted octanol–water partition coefficient (Wildman–Crippen LogP) is 2.98. The number of ether oxygens (including phenoxy) is 2. The summed E-state index contributed by atoms with van der Waals surface area (Å²) >= 11 is 0. The SMILES string of the molecule is COc1cc(CCc2ccc(CO)cc2)cc(OC)c1. The minimum Gasteiger partial charge on any atom is -0.497 e. The van der Waals surface area contributed by atoms with E-state index in [0.29, 0.717) is 0 Å². The van der Waals surface area contributed by atoms with Gasteiger partial charge in [-0.2, -0.15) is 0 Å². The topological polar surface area (TPSA) is 38.7 Å². The molecule has 0 heterocycles. The molecule has 2 aromatic carbocycles. The van der Waals surface area contributed by atoms with E-state index in [1.165, 1.54) is 11.1 Å². The number of methoxy groups -OCH3 is 2. The zero-order valence-electron chi connectivity index (χ0n) is 11.9. The molecule has 2 rings (SSSR count). The molecule has 1 N–H and O–H groups in total. The van der Waals surface area contributed by atoms with E-state index in [1.54, 1.807) is 14.2 Å². The van der Waals surface area contributed by atoms with Crippen LogP contribution in [0.15, 0.2) is 42.5 Å². The van der Waals surface area contributed by atoms with Crippen molar-refractivity contribution in [2.75, 3.05) is 14.2 Å². The van der Waals surface area contributed by atoms with Gasteiger partial charge in [-0.3, -0.25) is 0 Å². The maximum Gasteiger partial charge on any atom is 0.122 e. The Bertz CT molecular complexity index is 524. The van der Waals surface area contributed by atoms with Crippen LogP contribution < -0.4 is 9.47 Å². The average Bonchev–Trinajstić information content (AvgIpc) is 2.53. The van der Waals surface area contributed by atoms with E-state index < -0.39 is 0 Å². The van der Waals surface area contributed by atoms with Gasteiger partial charge in [-0.25, -0.2) is 0 Å². The van der Waals surface area contributed by atoms with Gasteiger partial charge >= 0.3 is 0 Å². The monoisotopic (exact) mass is 272 g/mol. The maximum absolute atomic E-state index is 9.02. The van der Waals surface area contributed by atoms with Gasteiger partial charge in [-0.1, -0.05) is 24.3 Å². The summed E-state index contributed by atoms with van der Waals surface area (Å²) < 4.78 is 10.5. The normalized spacial score (nSPS) is 10.3. The highest BCUT2D eigenvalue weighted by Gasteiger charge is 2.03. The molecule has 0 aliphatic carbocycles. The standard InChI is InChI=1S/C17H20O3/c1-19-16-9-15(10-17(11-16)20-2)8-5-13-3-6-14(12-18)7-4-13/h3-4,6-7,9-11,18H,5,8,12H2,1-2H3. The Kier molecular flexibility index (Phi) is 5.02. The van der Waals surface area contributed by atoms with Crippen LogP contribution in [0.25, 0.3) is 0 Å². The van der Waals surface area contributed by atoms with E-state index in [2.05, 4.69) is 12.1 Å². The third-order valence-corrected chi connectivity index (χ3v) is 3.32. The summed E-state index contributed by atoms with van der Waals surface area (Å²) in [4.78, 5) is 0. The van der Waals surface area contributed by atoms with Crippen molar-refractivity contribution in [1.82, 2.24) is 0 Å². The predicted molar refractivity (Wildman–Crippen MR) is 79.3 cm³/mol. The van der Waals surface area contributed by atoms with E-state index in [1.807, 2.05) is 30.3 Å². The van der Waals surface area contributed by atoms with Crippen LogP contribution in [0, 0.1) is 0 Å². The molecule has 3 nitrogen and oxygen atoms in total. The molecule has 3 heteroatoms. The first-order valence-electron chi connectivity index (χ1n) is 6.66. The van der Waals surface area contributed by atoms with Crippen molar-refractivity contribution in [3.05, 3.63) is 59.2 Å². The van der Waals surface area contributed by atoms with Crippen molar-refractivity contribution in [3.63, 3.8) is 0 Å². The van der Waals surface area contributed by atoms with E-state index in [-0.39, 0.29) is 6.61 Å². The molecule has 0 saturated carbocycles. The summed E-state index contributed by atoms with van der Waals surface area (Å²) in [7, 11) is 3.32. The van der Waals surface area contributed by atoms with Gasteiger partial charge in [-0.05, 0) is 41.7 Å². The number of aliphatic hydroxyl groups excluding tert-OH is 1. The molecule has 0 fully saturated rings. The molecule has 0 spiro atoms. The second-order valence-electron chi connectivity index (χ2n) is 4.70. The Hall–Kier alpha value is -2.00. The van der Waals surface area contributed by atoms with Crippen molar-refractivity contribution in [3.8, 4) is 11.5 Å². The van der Waals surface area contributed by atoms with E-state index in [0.717, 1.165) is 29.9 Å². The molecule has 20 heavy (non-hydrogen) atoms. The van der Waals surface area contributed by atoms with Crippen molar-refractivity contribution < 1.29 is 14.6 Å². The quantitative estimate of drug-likeness (QED) is 0.878. The lowest BCUT2D eigenvalue weighted by molar-refractivity contribution is 0.282. The lowest BCUT2D eigenvalue weighted by atomic mass is 10.0. The zero-order valence-corrected chi connectivity index (χ0v) is 11.9. The molecule has 0 unspecified atom stereocenters. The van der Waals surface area contributed by atoms with Crippen molar-refractivity contribution in [1.29, 1.82) is 0 Å². The van der Waals surface area contributed by atoms with Gasteiger partial charge in [-0.15, -0.1) is 0 Å². The van der Waals surface area contributed by atoms with Gasteiger partial charge < -0.3 is 14.6 Å². The molecule has 0 aliphatic rings. The van der Waals surface area contributed by atoms with Gasteiger partial charge in [0.05, 0.1) is 20.8 Å². The minimum atomic E-state index is 0.0906. The van der Waals surface area contributed by atoms with Crippen LogP contribution in [0.1, 0.15) is 16.7 Å². The maximum atomic E-state index is 9.02. The highest BCUT2D eigenvalue weighted by Crippen LogP contribution is 2.23. The van der Waals surface area contributed by atoms with Gasteiger partial charge in [0.2, 0.25) is 0 Å². The highest BCUT2D eigenvalue weighted by molar-refractivity contribution is 5.39. The number of hydrogen-bond donors (Lipinski definition) is 1. The minimum absolute atomic E-state index is 0.0906. The lowest BCUT2D eigenvalue weighted by Crippen LogP contribution is -1.95. The number of hydrogen-bond acceptors (Lipinski definition) is 3. The number of benzene rings is 2. The molecule has 0 aliphatic heterocycles. The van der Waals surface area contributed by atoms with Crippen LogP contribution in [0.3, 0.4) is 0 Å². The van der Waals surface area contributed by atoms with Gasteiger partial charge in [0.15, 0.2) is 0 Å². The zero-order chi connectivity index (χ0) is 14.4. The molecular formula is C17H20O3. The number of aliphatic hydroxyl groups is 1.